The lowest BCUT2D eigenvalue weighted by molar-refractivity contribution is 0.0602. The standard InChI is InChI=1S/C14H14N2O4S/c1-20-13(18)11-6-7-21-12(11)16-14(19)15-8-9-2-4-10(17)5-3-9/h2-7,17H,8H2,1H3,(H2,15,16,19). The maximum Gasteiger partial charge on any atom is 0.340 e. The van der Waals surface area contributed by atoms with E-state index < -0.39 is 12.0 Å². The second kappa shape index (κ2) is 6.76. The first-order valence-electron chi connectivity index (χ1n) is 6.08. The molecule has 0 saturated carbocycles. The van der Waals surface area contributed by atoms with E-state index in [0.29, 0.717) is 17.1 Å². The smallest absolute Gasteiger partial charge is 0.340 e. The summed E-state index contributed by atoms with van der Waals surface area (Å²) in [5.41, 5.74) is 1.17. The second-order valence-corrected chi connectivity index (χ2v) is 5.05. The molecule has 0 unspecified atom stereocenters. The highest BCUT2D eigenvalue weighted by atomic mass is 32.1. The van der Waals surface area contributed by atoms with Gasteiger partial charge in [-0.3, -0.25) is 5.32 Å². The number of benzene rings is 1. The molecule has 21 heavy (non-hydrogen) atoms. The van der Waals surface area contributed by atoms with E-state index in [9.17, 15) is 9.59 Å². The summed E-state index contributed by atoms with van der Waals surface area (Å²) in [5, 5.41) is 16.6. The normalized spacial score (nSPS) is 9.95. The van der Waals surface area contributed by atoms with Crippen molar-refractivity contribution < 1.29 is 19.4 Å². The van der Waals surface area contributed by atoms with Gasteiger partial charge in [-0.15, -0.1) is 11.3 Å². The third-order valence-corrected chi connectivity index (χ3v) is 3.52. The number of hydrogen-bond acceptors (Lipinski definition) is 5. The van der Waals surface area contributed by atoms with Crippen LogP contribution >= 0.6 is 11.3 Å². The fraction of sp³-hybridized carbons (Fsp3) is 0.143. The number of methoxy groups -OCH3 is 1. The highest BCUT2D eigenvalue weighted by Gasteiger charge is 2.15. The Morgan fingerprint density at radius 3 is 2.62 bits per heavy atom. The van der Waals surface area contributed by atoms with Gasteiger partial charge in [-0.1, -0.05) is 12.1 Å². The lowest BCUT2D eigenvalue weighted by atomic mass is 10.2. The lowest BCUT2D eigenvalue weighted by Crippen LogP contribution is -2.28. The minimum Gasteiger partial charge on any atom is -0.508 e. The highest BCUT2D eigenvalue weighted by Crippen LogP contribution is 2.23. The topological polar surface area (TPSA) is 87.7 Å². The van der Waals surface area contributed by atoms with E-state index in [1.807, 2.05) is 0 Å². The molecular weight excluding hydrogens is 292 g/mol. The molecule has 0 aliphatic heterocycles. The van der Waals surface area contributed by atoms with Crippen LogP contribution in [-0.2, 0) is 11.3 Å². The fourth-order valence-corrected chi connectivity index (χ4v) is 2.39. The van der Waals surface area contributed by atoms with Crippen molar-refractivity contribution in [1.29, 1.82) is 0 Å². The molecule has 0 fully saturated rings. The van der Waals surface area contributed by atoms with Gasteiger partial charge < -0.3 is 15.2 Å². The Morgan fingerprint density at radius 1 is 1.24 bits per heavy atom. The van der Waals surface area contributed by atoms with Crippen molar-refractivity contribution in [3.8, 4) is 5.75 Å². The number of nitrogens with one attached hydrogen (secondary N) is 2. The summed E-state index contributed by atoms with van der Waals surface area (Å²) in [7, 11) is 1.29. The maximum atomic E-state index is 11.8. The number of phenols is 1. The monoisotopic (exact) mass is 306 g/mol. The van der Waals surface area contributed by atoms with E-state index in [1.54, 1.807) is 35.7 Å². The summed E-state index contributed by atoms with van der Waals surface area (Å²) in [6, 6.07) is 7.68. The third-order valence-electron chi connectivity index (χ3n) is 2.69. The Hall–Kier alpha value is -2.54. The van der Waals surface area contributed by atoms with Crippen LogP contribution in [0, 0.1) is 0 Å². The predicted molar refractivity (Wildman–Crippen MR) is 79.6 cm³/mol. The average molecular weight is 306 g/mol. The first-order chi connectivity index (χ1) is 10.1. The van der Waals surface area contributed by atoms with E-state index in [-0.39, 0.29) is 5.75 Å². The minimum absolute atomic E-state index is 0.171. The molecule has 0 bridgehead atoms. The van der Waals surface area contributed by atoms with Crippen molar-refractivity contribution in [2.45, 2.75) is 6.54 Å². The van der Waals surface area contributed by atoms with Crippen LogP contribution in [0.3, 0.4) is 0 Å². The molecule has 2 aromatic rings. The second-order valence-electron chi connectivity index (χ2n) is 4.13. The number of thiophene rings is 1. The number of ether oxygens (including phenoxy) is 1. The van der Waals surface area contributed by atoms with Crippen molar-refractivity contribution in [3.05, 3.63) is 46.8 Å². The largest absolute Gasteiger partial charge is 0.508 e. The zero-order valence-electron chi connectivity index (χ0n) is 11.3. The summed E-state index contributed by atoms with van der Waals surface area (Å²) in [6.45, 7) is 0.311. The van der Waals surface area contributed by atoms with Gasteiger partial charge in [0.2, 0.25) is 0 Å². The van der Waals surface area contributed by atoms with Crippen LogP contribution in [0.5, 0.6) is 5.75 Å². The van der Waals surface area contributed by atoms with Crippen molar-refractivity contribution in [1.82, 2.24) is 5.32 Å². The average Bonchev–Trinajstić information content (AvgIpc) is 2.94. The molecule has 0 spiro atoms. The number of carbonyl (C=O) groups is 2. The molecule has 110 valence electrons. The number of phenolic OH excluding ortho intramolecular Hbond substituents is 1. The van der Waals surface area contributed by atoms with E-state index in [4.69, 9.17) is 5.11 Å². The molecule has 1 heterocycles. The van der Waals surface area contributed by atoms with E-state index in [1.165, 1.54) is 18.4 Å². The fourth-order valence-electron chi connectivity index (χ4n) is 1.62. The molecule has 1 aromatic heterocycles. The number of amides is 2. The summed E-state index contributed by atoms with van der Waals surface area (Å²) in [4.78, 5) is 23.3. The molecule has 0 atom stereocenters. The molecule has 0 saturated heterocycles. The number of urea groups is 1. The molecule has 2 rings (SSSR count). The van der Waals surface area contributed by atoms with Crippen LogP contribution < -0.4 is 10.6 Å². The first-order valence-corrected chi connectivity index (χ1v) is 6.96. The van der Waals surface area contributed by atoms with Crippen LogP contribution in [0.25, 0.3) is 0 Å². The summed E-state index contributed by atoms with van der Waals surface area (Å²) >= 11 is 1.24. The molecule has 7 heteroatoms. The van der Waals surface area contributed by atoms with Gasteiger partial charge in [0, 0.05) is 6.54 Å². The van der Waals surface area contributed by atoms with Crippen LogP contribution in [0.2, 0.25) is 0 Å². The van der Waals surface area contributed by atoms with Crippen LogP contribution in [0.1, 0.15) is 15.9 Å². The zero-order valence-corrected chi connectivity index (χ0v) is 12.1. The number of esters is 1. The zero-order chi connectivity index (χ0) is 15.2. The third kappa shape index (κ3) is 3.96. The van der Waals surface area contributed by atoms with Gasteiger partial charge in [0.25, 0.3) is 0 Å². The molecule has 2 amide bonds. The van der Waals surface area contributed by atoms with E-state index in [0.717, 1.165) is 5.56 Å². The van der Waals surface area contributed by atoms with E-state index in [2.05, 4.69) is 15.4 Å². The van der Waals surface area contributed by atoms with Crippen LogP contribution in [-0.4, -0.2) is 24.2 Å². The molecule has 0 aliphatic carbocycles. The number of anilines is 1. The van der Waals surface area contributed by atoms with Gasteiger partial charge >= 0.3 is 12.0 Å². The van der Waals surface area contributed by atoms with Gasteiger partial charge in [0.15, 0.2) is 0 Å². The summed E-state index contributed by atoms with van der Waals surface area (Å²) in [5.74, 6) is -0.324. The van der Waals surface area contributed by atoms with Gasteiger partial charge in [0.1, 0.15) is 10.8 Å². The Bertz CT molecular complexity index is 637. The van der Waals surface area contributed by atoms with Crippen LogP contribution in [0.4, 0.5) is 9.80 Å². The summed E-state index contributed by atoms with van der Waals surface area (Å²) in [6.07, 6.45) is 0. The first kappa shape index (κ1) is 14.9. The lowest BCUT2D eigenvalue weighted by Gasteiger charge is -2.07. The number of rotatable bonds is 4. The highest BCUT2D eigenvalue weighted by molar-refractivity contribution is 7.14. The Balaban J connectivity index is 1.92. The van der Waals surface area contributed by atoms with Crippen molar-refractivity contribution in [3.63, 3.8) is 0 Å². The van der Waals surface area contributed by atoms with Gasteiger partial charge in [0.05, 0.1) is 12.7 Å². The SMILES string of the molecule is COC(=O)c1ccsc1NC(=O)NCc1ccc(O)cc1. The van der Waals surface area contributed by atoms with Crippen LogP contribution in [0.15, 0.2) is 35.7 Å². The van der Waals surface area contributed by atoms with E-state index >= 15 is 0 Å². The molecular formula is C14H14N2O4S. The quantitative estimate of drug-likeness (QED) is 0.758. The van der Waals surface area contributed by atoms with Gasteiger partial charge in [-0.2, -0.15) is 0 Å². The van der Waals surface area contributed by atoms with Crippen molar-refractivity contribution in [2.24, 2.45) is 0 Å². The Kier molecular flexibility index (Phi) is 4.78. The molecule has 0 radical (unpaired) electrons. The Labute approximate surface area is 125 Å². The van der Waals surface area contributed by atoms with Gasteiger partial charge in [-0.25, -0.2) is 9.59 Å². The number of carbonyl (C=O) groups excluding carboxylic acids is 2. The Morgan fingerprint density at radius 2 is 1.95 bits per heavy atom. The number of aromatic hydroxyl groups is 1. The predicted octanol–water partition coefficient (Wildman–Crippen LogP) is 2.56. The van der Waals surface area contributed by atoms with Crippen molar-refractivity contribution >= 4 is 28.3 Å². The minimum atomic E-state index is -0.495. The van der Waals surface area contributed by atoms with Gasteiger partial charge in [-0.05, 0) is 29.1 Å². The molecule has 1 aromatic carbocycles. The maximum absolute atomic E-state index is 11.8. The van der Waals surface area contributed by atoms with Crippen molar-refractivity contribution in [2.75, 3.05) is 12.4 Å². The summed E-state index contributed by atoms with van der Waals surface area (Å²) < 4.78 is 4.63. The number of hydrogen-bond donors (Lipinski definition) is 3. The molecule has 6 nitrogen and oxygen atoms in total. The molecule has 0 aliphatic rings. The molecule has 3 N–H and O–H groups in total.